The van der Waals surface area contributed by atoms with Crippen LogP contribution in [0.3, 0.4) is 0 Å². The summed E-state index contributed by atoms with van der Waals surface area (Å²) >= 11 is 0. The van der Waals surface area contributed by atoms with Gasteiger partial charge in [0, 0.05) is 25.6 Å². The molecule has 3 rings (SSSR count). The van der Waals surface area contributed by atoms with Crippen LogP contribution in [0.2, 0.25) is 0 Å². The lowest BCUT2D eigenvalue weighted by Crippen LogP contribution is -2.47. The summed E-state index contributed by atoms with van der Waals surface area (Å²) in [4.78, 5) is 14.7. The van der Waals surface area contributed by atoms with E-state index in [0.29, 0.717) is 6.42 Å². The van der Waals surface area contributed by atoms with Crippen LogP contribution in [0.25, 0.3) is 0 Å². The fourth-order valence-electron chi connectivity index (χ4n) is 3.36. The van der Waals surface area contributed by atoms with Crippen LogP contribution in [-0.2, 0) is 17.8 Å². The van der Waals surface area contributed by atoms with Crippen molar-refractivity contribution >= 4 is 5.91 Å². The van der Waals surface area contributed by atoms with Crippen LogP contribution < -0.4 is 5.32 Å². The predicted octanol–water partition coefficient (Wildman–Crippen LogP) is 3.40. The molecule has 1 aliphatic heterocycles. The Morgan fingerprint density at radius 2 is 1.67 bits per heavy atom. The van der Waals surface area contributed by atoms with Crippen molar-refractivity contribution in [3.05, 3.63) is 71.8 Å². The van der Waals surface area contributed by atoms with Gasteiger partial charge in [0.05, 0.1) is 0 Å². The van der Waals surface area contributed by atoms with E-state index in [-0.39, 0.29) is 11.9 Å². The first-order chi connectivity index (χ1) is 11.8. The number of carbonyl (C=O) groups excluding carboxylic acids is 1. The first-order valence-electron chi connectivity index (χ1n) is 8.89. The third-order valence-corrected chi connectivity index (χ3v) is 4.60. The van der Waals surface area contributed by atoms with Crippen molar-refractivity contribution in [2.45, 2.75) is 38.3 Å². The molecule has 0 saturated carbocycles. The molecule has 0 spiro atoms. The molecule has 24 heavy (non-hydrogen) atoms. The van der Waals surface area contributed by atoms with E-state index < -0.39 is 0 Å². The number of aryl methyl sites for hydroxylation is 1. The standard InChI is InChI=1S/C21H26N2O/c24-21(14-13-18-8-3-1-4-9-18)22-20-12-7-15-23(17-20)16-19-10-5-2-6-11-19/h1-6,8-11,20H,7,12-17H2,(H,22,24)/t20-/m0/s1. The molecule has 1 heterocycles. The van der Waals surface area contributed by atoms with E-state index in [1.165, 1.54) is 11.1 Å². The number of likely N-dealkylation sites (tertiary alicyclic amines) is 1. The maximum absolute atomic E-state index is 12.2. The maximum atomic E-state index is 12.2. The minimum absolute atomic E-state index is 0.172. The molecule has 1 fully saturated rings. The highest BCUT2D eigenvalue weighted by Gasteiger charge is 2.21. The second-order valence-electron chi connectivity index (χ2n) is 6.61. The zero-order chi connectivity index (χ0) is 16.6. The number of piperidine rings is 1. The molecule has 1 atom stereocenters. The van der Waals surface area contributed by atoms with E-state index in [0.717, 1.165) is 38.9 Å². The average molecular weight is 322 g/mol. The predicted molar refractivity (Wildman–Crippen MR) is 97.6 cm³/mol. The number of amides is 1. The Hall–Kier alpha value is -2.13. The molecule has 0 bridgehead atoms. The summed E-state index contributed by atoms with van der Waals surface area (Å²) in [5.41, 5.74) is 2.57. The molecule has 0 unspecified atom stereocenters. The van der Waals surface area contributed by atoms with Gasteiger partial charge in [0.2, 0.25) is 5.91 Å². The summed E-state index contributed by atoms with van der Waals surface area (Å²) < 4.78 is 0. The highest BCUT2D eigenvalue weighted by atomic mass is 16.1. The van der Waals surface area contributed by atoms with Gasteiger partial charge in [-0.2, -0.15) is 0 Å². The molecular weight excluding hydrogens is 296 g/mol. The molecule has 2 aromatic rings. The van der Waals surface area contributed by atoms with Crippen LogP contribution in [0, 0.1) is 0 Å². The summed E-state index contributed by atoms with van der Waals surface area (Å²) in [6.07, 6.45) is 3.62. The van der Waals surface area contributed by atoms with E-state index in [4.69, 9.17) is 0 Å². The average Bonchev–Trinajstić information content (AvgIpc) is 2.62. The molecule has 0 aliphatic carbocycles. The second kappa shape index (κ2) is 8.65. The van der Waals surface area contributed by atoms with Gasteiger partial charge < -0.3 is 5.32 Å². The second-order valence-corrected chi connectivity index (χ2v) is 6.61. The van der Waals surface area contributed by atoms with Gasteiger partial charge in [-0.3, -0.25) is 9.69 Å². The molecule has 1 amide bonds. The monoisotopic (exact) mass is 322 g/mol. The fraction of sp³-hybridized carbons (Fsp3) is 0.381. The van der Waals surface area contributed by atoms with Gasteiger partial charge in [-0.1, -0.05) is 60.7 Å². The number of carbonyl (C=O) groups is 1. The van der Waals surface area contributed by atoms with Gasteiger partial charge >= 0.3 is 0 Å². The van der Waals surface area contributed by atoms with E-state index in [1.807, 2.05) is 18.2 Å². The SMILES string of the molecule is O=C(CCc1ccccc1)N[C@H]1CCCN(Cc2ccccc2)C1. The highest BCUT2D eigenvalue weighted by molar-refractivity contribution is 5.76. The van der Waals surface area contributed by atoms with Gasteiger partial charge in [-0.25, -0.2) is 0 Å². The number of nitrogens with zero attached hydrogens (tertiary/aromatic N) is 1. The van der Waals surface area contributed by atoms with Crippen molar-refractivity contribution < 1.29 is 4.79 Å². The maximum Gasteiger partial charge on any atom is 0.220 e. The van der Waals surface area contributed by atoms with Crippen LogP contribution in [-0.4, -0.2) is 29.9 Å². The Labute approximate surface area is 144 Å². The number of benzene rings is 2. The lowest BCUT2D eigenvalue weighted by atomic mass is 10.0. The quantitative estimate of drug-likeness (QED) is 0.884. The van der Waals surface area contributed by atoms with Gasteiger partial charge in [-0.15, -0.1) is 0 Å². The van der Waals surface area contributed by atoms with Gasteiger partial charge in [0.25, 0.3) is 0 Å². The van der Waals surface area contributed by atoms with Crippen molar-refractivity contribution in [2.75, 3.05) is 13.1 Å². The minimum atomic E-state index is 0.172. The van der Waals surface area contributed by atoms with Gasteiger partial charge in [0.1, 0.15) is 0 Å². The molecule has 1 N–H and O–H groups in total. The Bertz CT molecular complexity index is 627. The van der Waals surface area contributed by atoms with Crippen LogP contribution >= 0.6 is 0 Å². The summed E-state index contributed by atoms with van der Waals surface area (Å²) in [5, 5.41) is 3.22. The molecule has 1 aliphatic rings. The topological polar surface area (TPSA) is 32.3 Å². The molecule has 1 saturated heterocycles. The molecule has 3 heteroatoms. The summed E-state index contributed by atoms with van der Waals surface area (Å²) in [7, 11) is 0. The Kier molecular flexibility index (Phi) is 6.02. The van der Waals surface area contributed by atoms with Crippen LogP contribution in [0.15, 0.2) is 60.7 Å². The van der Waals surface area contributed by atoms with Gasteiger partial charge in [-0.05, 0) is 36.9 Å². The first-order valence-corrected chi connectivity index (χ1v) is 8.89. The normalized spacial score (nSPS) is 18.2. The zero-order valence-electron chi connectivity index (χ0n) is 14.2. The fourth-order valence-corrected chi connectivity index (χ4v) is 3.36. The van der Waals surface area contributed by atoms with E-state index >= 15 is 0 Å². The smallest absolute Gasteiger partial charge is 0.220 e. The van der Waals surface area contributed by atoms with Crippen molar-refractivity contribution in [2.24, 2.45) is 0 Å². The Morgan fingerprint density at radius 1 is 1.00 bits per heavy atom. The molecule has 0 aromatic heterocycles. The summed E-state index contributed by atoms with van der Waals surface area (Å²) in [6.45, 7) is 3.04. The van der Waals surface area contributed by atoms with Crippen LogP contribution in [0.4, 0.5) is 0 Å². The van der Waals surface area contributed by atoms with Crippen molar-refractivity contribution in [1.82, 2.24) is 10.2 Å². The molecule has 3 nitrogen and oxygen atoms in total. The van der Waals surface area contributed by atoms with Crippen molar-refractivity contribution in [3.63, 3.8) is 0 Å². The van der Waals surface area contributed by atoms with Crippen molar-refractivity contribution in [1.29, 1.82) is 0 Å². The van der Waals surface area contributed by atoms with Gasteiger partial charge in [0.15, 0.2) is 0 Å². The Morgan fingerprint density at radius 3 is 2.38 bits per heavy atom. The third-order valence-electron chi connectivity index (χ3n) is 4.60. The largest absolute Gasteiger partial charge is 0.352 e. The molecular formula is C21H26N2O. The number of rotatable bonds is 6. The number of hydrogen-bond donors (Lipinski definition) is 1. The summed E-state index contributed by atoms with van der Waals surface area (Å²) in [5.74, 6) is 0.172. The molecule has 0 radical (unpaired) electrons. The lowest BCUT2D eigenvalue weighted by Gasteiger charge is -2.33. The third kappa shape index (κ3) is 5.20. The van der Waals surface area contributed by atoms with Crippen LogP contribution in [0.1, 0.15) is 30.4 Å². The number of hydrogen-bond acceptors (Lipinski definition) is 2. The minimum Gasteiger partial charge on any atom is -0.352 e. The molecule has 126 valence electrons. The lowest BCUT2D eigenvalue weighted by molar-refractivity contribution is -0.122. The van der Waals surface area contributed by atoms with Crippen molar-refractivity contribution in [3.8, 4) is 0 Å². The molecule has 2 aromatic carbocycles. The Balaban J connectivity index is 1.44. The van der Waals surface area contributed by atoms with Crippen LogP contribution in [0.5, 0.6) is 0 Å². The van der Waals surface area contributed by atoms with E-state index in [9.17, 15) is 4.79 Å². The summed E-state index contributed by atoms with van der Waals surface area (Å²) in [6, 6.07) is 21.1. The number of nitrogens with one attached hydrogen (secondary N) is 1. The van der Waals surface area contributed by atoms with E-state index in [1.54, 1.807) is 0 Å². The zero-order valence-corrected chi connectivity index (χ0v) is 14.2. The highest BCUT2D eigenvalue weighted by Crippen LogP contribution is 2.14. The first kappa shape index (κ1) is 16.7. The van der Waals surface area contributed by atoms with E-state index in [2.05, 4.69) is 52.7 Å².